The number of aryl methyl sites for hydroxylation is 2. The van der Waals surface area contributed by atoms with E-state index in [4.69, 9.17) is 16.6 Å². The first-order valence-corrected chi connectivity index (χ1v) is 10.8. The molecule has 0 radical (unpaired) electrons. The zero-order valence-electron chi connectivity index (χ0n) is 17.9. The van der Waals surface area contributed by atoms with Crippen LogP contribution < -0.4 is 5.32 Å². The van der Waals surface area contributed by atoms with Crippen molar-refractivity contribution >= 4 is 23.8 Å². The smallest absolute Gasteiger partial charge is 0.288 e. The molecule has 31 heavy (non-hydrogen) atoms. The van der Waals surface area contributed by atoms with E-state index < -0.39 is 0 Å². The molecule has 0 spiro atoms. The van der Waals surface area contributed by atoms with Crippen LogP contribution in [0.4, 0.5) is 5.69 Å². The van der Waals surface area contributed by atoms with Crippen molar-refractivity contribution in [1.29, 1.82) is 0 Å². The van der Waals surface area contributed by atoms with Crippen LogP contribution in [-0.2, 0) is 11.5 Å². The summed E-state index contributed by atoms with van der Waals surface area (Å²) in [6.07, 6.45) is 0. The molecule has 7 nitrogen and oxygen atoms in total. The summed E-state index contributed by atoms with van der Waals surface area (Å²) in [6.45, 7) is 8.31. The number of rotatable bonds is 6. The third-order valence-electron chi connectivity index (χ3n) is 5.54. The zero-order chi connectivity index (χ0) is 21.8. The SMILES string of the molecule is Cc1cccc(C)c1NC(=O)CN1CCN(Cn2nc(-c3ccccc3)oc2=S)CC1. The fourth-order valence-electron chi connectivity index (χ4n) is 3.76. The lowest BCUT2D eigenvalue weighted by Crippen LogP contribution is -2.49. The van der Waals surface area contributed by atoms with Gasteiger partial charge in [-0.05, 0) is 49.3 Å². The number of nitrogens with one attached hydrogen (secondary N) is 1. The van der Waals surface area contributed by atoms with Crippen LogP contribution in [-0.4, -0.2) is 58.2 Å². The van der Waals surface area contributed by atoms with Crippen LogP contribution in [0.25, 0.3) is 11.5 Å². The lowest BCUT2D eigenvalue weighted by atomic mass is 10.1. The molecule has 3 aromatic rings. The molecule has 2 heterocycles. The van der Waals surface area contributed by atoms with Gasteiger partial charge in [-0.25, -0.2) is 4.68 Å². The monoisotopic (exact) mass is 437 g/mol. The van der Waals surface area contributed by atoms with Crippen LogP contribution in [0.2, 0.25) is 0 Å². The van der Waals surface area contributed by atoms with E-state index in [9.17, 15) is 4.79 Å². The van der Waals surface area contributed by atoms with E-state index in [1.165, 1.54) is 0 Å². The summed E-state index contributed by atoms with van der Waals surface area (Å²) in [5, 5.41) is 7.60. The molecule has 1 fully saturated rings. The third kappa shape index (κ3) is 5.28. The average Bonchev–Trinajstić information content (AvgIpc) is 3.13. The first-order chi connectivity index (χ1) is 15.0. The van der Waals surface area contributed by atoms with Crippen LogP contribution in [0.1, 0.15) is 11.1 Å². The van der Waals surface area contributed by atoms with Crippen LogP contribution in [0.15, 0.2) is 52.9 Å². The van der Waals surface area contributed by atoms with E-state index >= 15 is 0 Å². The predicted molar refractivity (Wildman–Crippen MR) is 123 cm³/mol. The number of hydrogen-bond donors (Lipinski definition) is 1. The molecule has 0 atom stereocenters. The Morgan fingerprint density at radius 3 is 2.32 bits per heavy atom. The molecule has 1 N–H and O–H groups in total. The molecule has 1 amide bonds. The second-order valence-corrected chi connectivity index (χ2v) is 8.24. The van der Waals surface area contributed by atoms with Crippen molar-refractivity contribution in [3.8, 4) is 11.5 Å². The minimum atomic E-state index is 0.0251. The lowest BCUT2D eigenvalue weighted by molar-refractivity contribution is -0.117. The van der Waals surface area contributed by atoms with Crippen molar-refractivity contribution in [2.24, 2.45) is 0 Å². The van der Waals surface area contributed by atoms with E-state index in [0.717, 1.165) is 48.6 Å². The van der Waals surface area contributed by atoms with Gasteiger partial charge in [0, 0.05) is 37.4 Å². The van der Waals surface area contributed by atoms with Crippen molar-refractivity contribution in [2.45, 2.75) is 20.5 Å². The first-order valence-electron chi connectivity index (χ1n) is 10.4. The van der Waals surface area contributed by atoms with Crippen molar-refractivity contribution < 1.29 is 9.21 Å². The summed E-state index contributed by atoms with van der Waals surface area (Å²) in [7, 11) is 0. The van der Waals surface area contributed by atoms with Gasteiger partial charge in [0.1, 0.15) is 0 Å². The summed E-state index contributed by atoms with van der Waals surface area (Å²) in [6, 6.07) is 15.8. The minimum Gasteiger partial charge on any atom is -0.409 e. The fourth-order valence-corrected chi connectivity index (χ4v) is 3.94. The Hall–Kier alpha value is -2.81. The molecular weight excluding hydrogens is 410 g/mol. The molecular formula is C23H27N5O2S. The molecule has 1 aliphatic rings. The maximum Gasteiger partial charge on any atom is 0.288 e. The first kappa shape index (κ1) is 21.4. The van der Waals surface area contributed by atoms with Crippen molar-refractivity contribution in [3.63, 3.8) is 0 Å². The van der Waals surface area contributed by atoms with Crippen molar-refractivity contribution in [2.75, 3.05) is 38.0 Å². The number of benzene rings is 2. The number of anilines is 1. The second kappa shape index (κ2) is 9.55. The number of carbonyl (C=O) groups excluding carboxylic acids is 1. The van der Waals surface area contributed by atoms with Crippen LogP contribution >= 0.6 is 12.2 Å². The highest BCUT2D eigenvalue weighted by molar-refractivity contribution is 7.71. The molecule has 0 bridgehead atoms. The number of aromatic nitrogens is 2. The van der Waals surface area contributed by atoms with Crippen LogP contribution in [0, 0.1) is 18.7 Å². The molecule has 0 aliphatic carbocycles. The lowest BCUT2D eigenvalue weighted by Gasteiger charge is -2.33. The molecule has 4 rings (SSSR count). The van der Waals surface area contributed by atoms with Gasteiger partial charge < -0.3 is 9.73 Å². The van der Waals surface area contributed by atoms with Crippen molar-refractivity contribution in [3.05, 3.63) is 64.5 Å². The number of piperazine rings is 1. The Kier molecular flexibility index (Phi) is 6.60. The molecule has 1 saturated heterocycles. The van der Waals surface area contributed by atoms with Gasteiger partial charge in [-0.2, -0.15) is 0 Å². The number of hydrogen-bond acceptors (Lipinski definition) is 6. The topological polar surface area (TPSA) is 66.5 Å². The average molecular weight is 438 g/mol. The highest BCUT2D eigenvalue weighted by Gasteiger charge is 2.21. The van der Waals surface area contributed by atoms with Gasteiger partial charge in [0.2, 0.25) is 11.8 Å². The summed E-state index contributed by atoms with van der Waals surface area (Å²) >= 11 is 5.35. The van der Waals surface area contributed by atoms with E-state index in [1.807, 2.05) is 62.4 Å². The zero-order valence-corrected chi connectivity index (χ0v) is 18.7. The molecule has 1 aromatic heterocycles. The summed E-state index contributed by atoms with van der Waals surface area (Å²) in [4.78, 5) is 17.4. The quantitative estimate of drug-likeness (QED) is 0.593. The fraction of sp³-hybridized carbons (Fsp3) is 0.348. The van der Waals surface area contributed by atoms with E-state index in [2.05, 4.69) is 20.2 Å². The van der Waals surface area contributed by atoms with E-state index in [0.29, 0.717) is 23.9 Å². The summed E-state index contributed by atoms with van der Waals surface area (Å²) in [5.74, 6) is 0.560. The molecule has 162 valence electrons. The number of nitrogens with zero attached hydrogens (tertiary/aromatic N) is 4. The van der Waals surface area contributed by atoms with Crippen LogP contribution in [0.3, 0.4) is 0 Å². The summed E-state index contributed by atoms with van der Waals surface area (Å²) in [5.41, 5.74) is 3.99. The molecule has 0 unspecified atom stereocenters. The Balaban J connectivity index is 1.29. The highest BCUT2D eigenvalue weighted by atomic mass is 32.1. The standard InChI is InChI=1S/C23H27N5O2S/c1-17-7-6-8-18(2)21(17)24-20(29)15-26-11-13-27(14-12-26)16-28-23(31)30-22(25-28)19-9-4-3-5-10-19/h3-10H,11-16H2,1-2H3,(H,24,29). The number of amides is 1. The molecule has 0 saturated carbocycles. The van der Waals surface area contributed by atoms with E-state index in [1.54, 1.807) is 4.68 Å². The van der Waals surface area contributed by atoms with Gasteiger partial charge in [0.15, 0.2) is 0 Å². The minimum absolute atomic E-state index is 0.0251. The van der Waals surface area contributed by atoms with Gasteiger partial charge in [-0.1, -0.05) is 36.4 Å². The normalized spacial score (nSPS) is 15.2. The van der Waals surface area contributed by atoms with Gasteiger partial charge >= 0.3 is 0 Å². The molecule has 8 heteroatoms. The second-order valence-electron chi connectivity index (χ2n) is 7.89. The number of para-hydroxylation sites is 1. The largest absolute Gasteiger partial charge is 0.409 e. The van der Waals surface area contributed by atoms with Crippen LogP contribution in [0.5, 0.6) is 0 Å². The Bertz CT molecular complexity index is 1080. The maximum absolute atomic E-state index is 12.5. The van der Waals surface area contributed by atoms with Gasteiger partial charge in [0.25, 0.3) is 4.84 Å². The molecule has 2 aromatic carbocycles. The molecule has 1 aliphatic heterocycles. The maximum atomic E-state index is 12.5. The number of carbonyl (C=O) groups is 1. The summed E-state index contributed by atoms with van der Waals surface area (Å²) < 4.78 is 7.39. The van der Waals surface area contributed by atoms with E-state index in [-0.39, 0.29) is 5.91 Å². The van der Waals surface area contributed by atoms with Gasteiger partial charge in [0.05, 0.1) is 13.2 Å². The Morgan fingerprint density at radius 1 is 1.00 bits per heavy atom. The van der Waals surface area contributed by atoms with Gasteiger partial charge in [-0.3, -0.25) is 14.6 Å². The van der Waals surface area contributed by atoms with Gasteiger partial charge in [-0.15, -0.1) is 5.10 Å². The predicted octanol–water partition coefficient (Wildman–Crippen LogP) is 3.70. The Labute approximate surface area is 187 Å². The highest BCUT2D eigenvalue weighted by Crippen LogP contribution is 2.20. The third-order valence-corrected chi connectivity index (χ3v) is 5.83. The Morgan fingerprint density at radius 2 is 1.65 bits per heavy atom. The van der Waals surface area contributed by atoms with Crippen molar-refractivity contribution in [1.82, 2.24) is 19.6 Å².